The normalized spacial score (nSPS) is 13.4. The molecule has 2 N–H and O–H groups in total. The number of rotatable bonds is 4. The predicted octanol–water partition coefficient (Wildman–Crippen LogP) is 3.25. The highest BCUT2D eigenvalue weighted by atomic mass is 19.4. The molecule has 108 valence electrons. The molecule has 0 fully saturated rings. The zero-order valence-corrected chi connectivity index (χ0v) is 11.3. The smallest absolute Gasteiger partial charge is 0.317 e. The maximum Gasteiger partial charge on any atom is 0.417 e. The van der Waals surface area contributed by atoms with Crippen molar-refractivity contribution in [3.63, 3.8) is 0 Å². The van der Waals surface area contributed by atoms with Crippen molar-refractivity contribution in [2.75, 3.05) is 7.05 Å². The number of likely N-dealkylation sites (N-methyl/N-ethyl adjacent to an activating group) is 1. The van der Waals surface area contributed by atoms with Crippen LogP contribution in [0, 0.1) is 0 Å². The standard InChI is InChI=1S/C14H16F3N3/c1-9(18-2)7-10-8-19-20-13(10)11-5-3-4-6-12(11)14(15,16)17/h3-6,8-9,18H,7H2,1-2H3,(H,19,20). The van der Waals surface area contributed by atoms with Crippen LogP contribution in [0.1, 0.15) is 18.1 Å². The van der Waals surface area contributed by atoms with Crippen molar-refractivity contribution in [2.45, 2.75) is 25.6 Å². The molecular formula is C14H16F3N3. The third-order valence-electron chi connectivity index (χ3n) is 3.24. The van der Waals surface area contributed by atoms with Crippen LogP contribution in [0.25, 0.3) is 11.3 Å². The van der Waals surface area contributed by atoms with E-state index in [9.17, 15) is 13.2 Å². The minimum Gasteiger partial charge on any atom is -0.317 e. The van der Waals surface area contributed by atoms with Crippen LogP contribution in [0.3, 0.4) is 0 Å². The molecular weight excluding hydrogens is 267 g/mol. The first-order chi connectivity index (χ1) is 9.43. The zero-order valence-electron chi connectivity index (χ0n) is 11.3. The molecule has 0 aliphatic carbocycles. The minimum atomic E-state index is -4.38. The van der Waals surface area contributed by atoms with E-state index in [1.54, 1.807) is 12.3 Å². The fourth-order valence-electron chi connectivity index (χ4n) is 2.08. The topological polar surface area (TPSA) is 40.7 Å². The van der Waals surface area contributed by atoms with Gasteiger partial charge in [0.15, 0.2) is 0 Å². The van der Waals surface area contributed by atoms with Gasteiger partial charge in [0, 0.05) is 11.6 Å². The lowest BCUT2D eigenvalue weighted by Crippen LogP contribution is -2.23. The molecule has 0 saturated heterocycles. The van der Waals surface area contributed by atoms with Gasteiger partial charge in [-0.15, -0.1) is 0 Å². The van der Waals surface area contributed by atoms with Gasteiger partial charge in [-0.25, -0.2) is 0 Å². The summed E-state index contributed by atoms with van der Waals surface area (Å²) in [5.41, 5.74) is 0.682. The number of nitrogens with zero attached hydrogens (tertiary/aromatic N) is 1. The van der Waals surface area contributed by atoms with Gasteiger partial charge in [0.05, 0.1) is 17.5 Å². The van der Waals surface area contributed by atoms with E-state index in [4.69, 9.17) is 0 Å². The summed E-state index contributed by atoms with van der Waals surface area (Å²) in [6.45, 7) is 1.96. The number of benzene rings is 1. The first-order valence-corrected chi connectivity index (χ1v) is 6.29. The third kappa shape index (κ3) is 3.01. The number of halogens is 3. The molecule has 3 nitrogen and oxygen atoms in total. The highest BCUT2D eigenvalue weighted by Crippen LogP contribution is 2.37. The molecule has 20 heavy (non-hydrogen) atoms. The Bertz CT molecular complexity index is 575. The summed E-state index contributed by atoms with van der Waals surface area (Å²) in [5.74, 6) is 0. The summed E-state index contributed by atoms with van der Waals surface area (Å²) in [6.07, 6.45) is -2.20. The molecule has 0 aliphatic heterocycles. The highest BCUT2D eigenvalue weighted by Gasteiger charge is 2.34. The Morgan fingerprint density at radius 1 is 1.30 bits per heavy atom. The summed E-state index contributed by atoms with van der Waals surface area (Å²) >= 11 is 0. The van der Waals surface area contributed by atoms with Crippen LogP contribution in [0.4, 0.5) is 13.2 Å². The van der Waals surface area contributed by atoms with Crippen LogP contribution in [0.5, 0.6) is 0 Å². The molecule has 2 rings (SSSR count). The molecule has 0 aliphatic rings. The van der Waals surface area contributed by atoms with Crippen LogP contribution in [0.2, 0.25) is 0 Å². The highest BCUT2D eigenvalue weighted by molar-refractivity contribution is 5.67. The van der Waals surface area contributed by atoms with Crippen LogP contribution in [-0.2, 0) is 12.6 Å². The second-order valence-corrected chi connectivity index (χ2v) is 4.71. The van der Waals surface area contributed by atoms with Gasteiger partial charge in [0.1, 0.15) is 0 Å². The molecule has 0 radical (unpaired) electrons. The second kappa shape index (κ2) is 5.66. The number of H-pyrrole nitrogens is 1. The van der Waals surface area contributed by atoms with E-state index in [0.717, 1.165) is 11.6 Å². The average molecular weight is 283 g/mol. The van der Waals surface area contributed by atoms with Crippen molar-refractivity contribution in [2.24, 2.45) is 0 Å². The van der Waals surface area contributed by atoms with E-state index in [1.807, 2.05) is 14.0 Å². The minimum absolute atomic E-state index is 0.135. The Labute approximate surface area is 115 Å². The molecule has 1 aromatic carbocycles. The maximum atomic E-state index is 13.1. The molecule has 6 heteroatoms. The fourth-order valence-corrected chi connectivity index (χ4v) is 2.08. The van der Waals surface area contributed by atoms with Crippen molar-refractivity contribution in [1.82, 2.24) is 15.5 Å². The van der Waals surface area contributed by atoms with Gasteiger partial charge >= 0.3 is 6.18 Å². The van der Waals surface area contributed by atoms with Crippen LogP contribution in [-0.4, -0.2) is 23.3 Å². The van der Waals surface area contributed by atoms with Crippen molar-refractivity contribution in [3.8, 4) is 11.3 Å². The first kappa shape index (κ1) is 14.6. The van der Waals surface area contributed by atoms with E-state index in [1.165, 1.54) is 12.1 Å². The van der Waals surface area contributed by atoms with E-state index in [0.29, 0.717) is 12.1 Å². The quantitative estimate of drug-likeness (QED) is 0.904. The Kier molecular flexibility index (Phi) is 4.13. The molecule has 0 bridgehead atoms. The average Bonchev–Trinajstić information content (AvgIpc) is 2.85. The molecule has 1 aromatic heterocycles. The summed E-state index contributed by atoms with van der Waals surface area (Å²) in [7, 11) is 1.81. The number of aromatic nitrogens is 2. The number of aromatic amines is 1. The number of hydrogen-bond acceptors (Lipinski definition) is 2. The largest absolute Gasteiger partial charge is 0.417 e. The number of alkyl halides is 3. The van der Waals surface area contributed by atoms with Crippen LogP contribution >= 0.6 is 0 Å². The molecule has 0 spiro atoms. The summed E-state index contributed by atoms with van der Waals surface area (Å²) < 4.78 is 39.2. The van der Waals surface area contributed by atoms with Crippen LogP contribution in [0.15, 0.2) is 30.5 Å². The zero-order chi connectivity index (χ0) is 14.8. The lowest BCUT2D eigenvalue weighted by atomic mass is 9.98. The first-order valence-electron chi connectivity index (χ1n) is 6.29. The SMILES string of the molecule is CNC(C)Cc1cn[nH]c1-c1ccccc1C(F)(F)F. The van der Waals surface area contributed by atoms with Crippen molar-refractivity contribution >= 4 is 0 Å². The molecule has 0 amide bonds. The fraction of sp³-hybridized carbons (Fsp3) is 0.357. The number of nitrogens with one attached hydrogen (secondary N) is 2. The van der Waals surface area contributed by atoms with E-state index < -0.39 is 11.7 Å². The van der Waals surface area contributed by atoms with Gasteiger partial charge in [-0.2, -0.15) is 18.3 Å². The summed E-state index contributed by atoms with van der Waals surface area (Å²) in [5, 5.41) is 9.64. The molecule has 1 heterocycles. The van der Waals surface area contributed by atoms with Gasteiger partial charge in [0.25, 0.3) is 0 Å². The van der Waals surface area contributed by atoms with E-state index in [2.05, 4.69) is 15.5 Å². The van der Waals surface area contributed by atoms with Crippen LogP contribution < -0.4 is 5.32 Å². The molecule has 1 unspecified atom stereocenters. The van der Waals surface area contributed by atoms with Crippen molar-refractivity contribution in [3.05, 3.63) is 41.6 Å². The second-order valence-electron chi connectivity index (χ2n) is 4.71. The third-order valence-corrected chi connectivity index (χ3v) is 3.24. The van der Waals surface area contributed by atoms with Crippen molar-refractivity contribution in [1.29, 1.82) is 0 Å². The van der Waals surface area contributed by atoms with Gasteiger partial charge in [-0.3, -0.25) is 5.10 Å². The summed E-state index contributed by atoms with van der Waals surface area (Å²) in [6, 6.07) is 5.69. The lowest BCUT2D eigenvalue weighted by molar-refractivity contribution is -0.137. The lowest BCUT2D eigenvalue weighted by Gasteiger charge is -2.14. The monoisotopic (exact) mass is 283 g/mol. The molecule has 0 saturated carbocycles. The Morgan fingerprint density at radius 3 is 2.65 bits per heavy atom. The molecule has 1 atom stereocenters. The van der Waals surface area contributed by atoms with Crippen molar-refractivity contribution < 1.29 is 13.2 Å². The van der Waals surface area contributed by atoms with E-state index in [-0.39, 0.29) is 11.6 Å². The van der Waals surface area contributed by atoms with Gasteiger partial charge in [0.2, 0.25) is 0 Å². The van der Waals surface area contributed by atoms with Gasteiger partial charge in [-0.05, 0) is 32.0 Å². The molecule has 2 aromatic rings. The maximum absolute atomic E-state index is 13.1. The summed E-state index contributed by atoms with van der Waals surface area (Å²) in [4.78, 5) is 0. The van der Waals surface area contributed by atoms with E-state index >= 15 is 0 Å². The van der Waals surface area contributed by atoms with Gasteiger partial charge < -0.3 is 5.32 Å². The Balaban J connectivity index is 2.45. The number of hydrogen-bond donors (Lipinski definition) is 2. The Hall–Kier alpha value is -1.82. The predicted molar refractivity (Wildman–Crippen MR) is 71.3 cm³/mol. The van der Waals surface area contributed by atoms with Gasteiger partial charge in [-0.1, -0.05) is 18.2 Å². The Morgan fingerprint density at radius 2 is 2.00 bits per heavy atom.